The second-order valence-electron chi connectivity index (χ2n) is 8.94. The van der Waals surface area contributed by atoms with Crippen LogP contribution in [0.2, 0.25) is 5.02 Å². The van der Waals surface area contributed by atoms with Gasteiger partial charge in [0.1, 0.15) is 21.7 Å². The van der Waals surface area contributed by atoms with Crippen molar-refractivity contribution in [2.75, 3.05) is 22.5 Å². The van der Waals surface area contributed by atoms with Crippen molar-refractivity contribution in [1.82, 2.24) is 0 Å². The second-order valence-corrected chi connectivity index (χ2v) is 10.8. The highest BCUT2D eigenvalue weighted by Crippen LogP contribution is 2.65. The molecule has 14 heteroatoms. The standard InChI is InChI=1S/C27H16Cl3F6N3O2/c1-2-9-39(19-8-7-18(32)23(37)22(19)33)25(41)14-11-13(4-5-16(14)28)38-24(40)21-20(26(21,29)30)12-3-6-17(31)15(10-12)27(34,35)36/h1,3-8,10-11,20-21H,9,37H2,(H,38,40)/t20-,21+/m0/s1. The summed E-state index contributed by atoms with van der Waals surface area (Å²) in [4.78, 5) is 27.1. The fourth-order valence-corrected chi connectivity index (χ4v) is 5.30. The number of terminal acetylenes is 1. The maximum absolute atomic E-state index is 14.7. The van der Waals surface area contributed by atoms with E-state index in [9.17, 15) is 35.9 Å². The molecule has 0 spiro atoms. The lowest BCUT2D eigenvalue weighted by atomic mass is 10.0. The number of hydrogen-bond donors (Lipinski definition) is 2. The smallest absolute Gasteiger partial charge is 0.394 e. The number of carbonyl (C=O) groups is 2. The zero-order valence-electron chi connectivity index (χ0n) is 20.3. The van der Waals surface area contributed by atoms with E-state index in [0.29, 0.717) is 12.1 Å². The van der Waals surface area contributed by atoms with Crippen molar-refractivity contribution in [3.8, 4) is 12.3 Å². The molecule has 0 unspecified atom stereocenters. The van der Waals surface area contributed by atoms with Crippen molar-refractivity contribution in [2.45, 2.75) is 16.4 Å². The topological polar surface area (TPSA) is 75.4 Å². The van der Waals surface area contributed by atoms with Gasteiger partial charge < -0.3 is 11.1 Å². The number of nitrogens with two attached hydrogens (primary N) is 1. The molecule has 0 saturated heterocycles. The molecule has 0 bridgehead atoms. The Balaban J connectivity index is 1.60. The van der Waals surface area contributed by atoms with E-state index in [1.165, 1.54) is 12.1 Å². The van der Waals surface area contributed by atoms with Gasteiger partial charge >= 0.3 is 6.18 Å². The number of rotatable bonds is 6. The van der Waals surface area contributed by atoms with Gasteiger partial charge in [-0.15, -0.1) is 29.6 Å². The fourth-order valence-electron chi connectivity index (χ4n) is 4.28. The van der Waals surface area contributed by atoms with Gasteiger partial charge in [-0.1, -0.05) is 23.6 Å². The molecule has 3 N–H and O–H groups in total. The van der Waals surface area contributed by atoms with Crippen LogP contribution in [-0.4, -0.2) is 22.7 Å². The summed E-state index contributed by atoms with van der Waals surface area (Å²) < 4.78 is 79.8. The summed E-state index contributed by atoms with van der Waals surface area (Å²) in [6.07, 6.45) is 0.343. The van der Waals surface area contributed by atoms with E-state index >= 15 is 0 Å². The predicted octanol–water partition coefficient (Wildman–Crippen LogP) is 7.16. The maximum Gasteiger partial charge on any atom is 0.419 e. The van der Waals surface area contributed by atoms with Crippen molar-refractivity contribution in [1.29, 1.82) is 0 Å². The Bertz CT molecular complexity index is 1610. The van der Waals surface area contributed by atoms with Crippen LogP contribution in [0.4, 0.5) is 43.4 Å². The molecule has 1 aliphatic carbocycles. The number of nitrogens with one attached hydrogen (secondary N) is 1. The van der Waals surface area contributed by atoms with Crippen LogP contribution in [0.25, 0.3) is 0 Å². The highest BCUT2D eigenvalue weighted by molar-refractivity contribution is 6.53. The third kappa shape index (κ3) is 5.77. The summed E-state index contributed by atoms with van der Waals surface area (Å²) >= 11 is 18.6. The molecule has 0 aliphatic heterocycles. The SMILES string of the molecule is C#CCN(C(=O)c1cc(NC(=O)[C@H]2[C@H](c3ccc(F)c(C(F)(F)F)c3)C2(Cl)Cl)ccc1Cl)c1ccc(F)c(N)c1F. The van der Waals surface area contributed by atoms with E-state index in [4.69, 9.17) is 47.0 Å². The van der Waals surface area contributed by atoms with Gasteiger partial charge in [0.25, 0.3) is 5.91 Å². The number of amides is 2. The van der Waals surface area contributed by atoms with Crippen molar-refractivity contribution >= 4 is 63.7 Å². The molecule has 0 radical (unpaired) electrons. The van der Waals surface area contributed by atoms with E-state index in [-0.39, 0.29) is 21.8 Å². The lowest BCUT2D eigenvalue weighted by Gasteiger charge is -2.22. The molecule has 5 nitrogen and oxygen atoms in total. The molecule has 3 aromatic rings. The second kappa shape index (κ2) is 11.0. The summed E-state index contributed by atoms with van der Waals surface area (Å²) in [6, 6.07) is 7.67. The molecule has 2 amide bonds. The van der Waals surface area contributed by atoms with Crippen molar-refractivity contribution in [2.24, 2.45) is 5.92 Å². The number of nitrogens with zero attached hydrogens (tertiary/aromatic N) is 1. The van der Waals surface area contributed by atoms with Gasteiger partial charge in [0.15, 0.2) is 5.82 Å². The summed E-state index contributed by atoms with van der Waals surface area (Å²) in [5.74, 6) is -5.71. The molecule has 2 atom stereocenters. The Labute approximate surface area is 244 Å². The third-order valence-corrected chi connectivity index (χ3v) is 7.62. The van der Waals surface area contributed by atoms with Crippen LogP contribution >= 0.6 is 34.8 Å². The van der Waals surface area contributed by atoms with Gasteiger partial charge in [-0.05, 0) is 48.0 Å². The van der Waals surface area contributed by atoms with Crippen molar-refractivity contribution in [3.05, 3.63) is 87.7 Å². The number of benzene rings is 3. The molecular weight excluding hydrogens is 619 g/mol. The lowest BCUT2D eigenvalue weighted by molar-refractivity contribution is -0.140. The van der Waals surface area contributed by atoms with E-state index in [1.807, 2.05) is 0 Å². The average molecular weight is 635 g/mol. The minimum Gasteiger partial charge on any atom is -0.394 e. The van der Waals surface area contributed by atoms with Gasteiger partial charge in [0, 0.05) is 11.6 Å². The van der Waals surface area contributed by atoms with E-state index in [2.05, 4.69) is 11.2 Å². The van der Waals surface area contributed by atoms with Crippen LogP contribution in [0, 0.1) is 35.7 Å². The normalized spacial score (nSPS) is 17.5. The van der Waals surface area contributed by atoms with Crippen LogP contribution in [-0.2, 0) is 11.0 Å². The zero-order valence-corrected chi connectivity index (χ0v) is 22.6. The molecule has 214 valence electrons. The molecule has 3 aromatic carbocycles. The first-order valence-electron chi connectivity index (χ1n) is 11.4. The van der Waals surface area contributed by atoms with Gasteiger partial charge in [-0.2, -0.15) is 13.2 Å². The van der Waals surface area contributed by atoms with E-state index < -0.39 is 75.1 Å². The summed E-state index contributed by atoms with van der Waals surface area (Å²) in [6.45, 7) is -0.462. The first kappa shape index (κ1) is 30.4. The summed E-state index contributed by atoms with van der Waals surface area (Å²) in [7, 11) is 0. The van der Waals surface area contributed by atoms with Crippen LogP contribution in [0.15, 0.2) is 48.5 Å². The molecule has 1 fully saturated rings. The van der Waals surface area contributed by atoms with Gasteiger partial charge in [0.05, 0.1) is 34.3 Å². The van der Waals surface area contributed by atoms with Crippen LogP contribution < -0.4 is 16.0 Å². The molecule has 41 heavy (non-hydrogen) atoms. The Morgan fingerprint density at radius 2 is 1.71 bits per heavy atom. The number of halogens is 9. The number of anilines is 3. The van der Waals surface area contributed by atoms with E-state index in [0.717, 1.165) is 29.2 Å². The monoisotopic (exact) mass is 633 g/mol. The number of nitrogen functional groups attached to an aromatic ring is 1. The number of hydrogen-bond acceptors (Lipinski definition) is 3. The van der Waals surface area contributed by atoms with Gasteiger partial charge in [0.2, 0.25) is 5.91 Å². The molecule has 1 aliphatic rings. The van der Waals surface area contributed by atoms with E-state index in [1.54, 1.807) is 0 Å². The fraction of sp³-hybridized carbons (Fsp3) is 0.185. The minimum atomic E-state index is -4.99. The first-order valence-corrected chi connectivity index (χ1v) is 12.6. The molecule has 0 aromatic heterocycles. The lowest BCUT2D eigenvalue weighted by Crippen LogP contribution is -2.32. The zero-order chi connectivity index (χ0) is 30.4. The minimum absolute atomic E-state index is 0.00707. The molecule has 4 rings (SSSR count). The van der Waals surface area contributed by atoms with Gasteiger partial charge in [-0.25, -0.2) is 13.2 Å². The Morgan fingerprint density at radius 1 is 1.05 bits per heavy atom. The highest BCUT2D eigenvalue weighted by atomic mass is 35.5. The largest absolute Gasteiger partial charge is 0.419 e. The maximum atomic E-state index is 14.7. The Hall–Kier alpha value is -3.59. The van der Waals surface area contributed by atoms with Crippen LogP contribution in [0.5, 0.6) is 0 Å². The van der Waals surface area contributed by atoms with Crippen molar-refractivity contribution in [3.63, 3.8) is 0 Å². The van der Waals surface area contributed by atoms with Gasteiger partial charge in [-0.3, -0.25) is 14.5 Å². The quantitative estimate of drug-likeness (QED) is 0.131. The summed E-state index contributed by atoms with van der Waals surface area (Å²) in [5, 5.41) is 2.34. The van der Waals surface area contributed by atoms with Crippen LogP contribution in [0.1, 0.15) is 27.4 Å². The Kier molecular flexibility index (Phi) is 8.15. The Morgan fingerprint density at radius 3 is 2.34 bits per heavy atom. The number of carbonyl (C=O) groups excluding carboxylic acids is 2. The predicted molar refractivity (Wildman–Crippen MR) is 143 cm³/mol. The highest BCUT2D eigenvalue weighted by Gasteiger charge is 2.67. The van der Waals surface area contributed by atoms with Crippen molar-refractivity contribution < 1.29 is 35.9 Å². The number of alkyl halides is 5. The molecule has 0 heterocycles. The average Bonchev–Trinajstić information content (AvgIpc) is 3.48. The third-order valence-electron chi connectivity index (χ3n) is 6.35. The van der Waals surface area contributed by atoms with Crippen LogP contribution in [0.3, 0.4) is 0 Å². The summed E-state index contributed by atoms with van der Waals surface area (Å²) in [5.41, 5.74) is 2.24. The first-order chi connectivity index (χ1) is 19.1. The molecular formula is C27H16Cl3F6N3O2. The molecule has 1 saturated carbocycles.